The van der Waals surface area contributed by atoms with Crippen LogP contribution in [0.2, 0.25) is 0 Å². The second kappa shape index (κ2) is 4.50. The Hall–Kier alpha value is -0.600. The molecule has 2 rings (SSSR count). The van der Waals surface area contributed by atoms with Crippen molar-refractivity contribution in [1.82, 2.24) is 0 Å². The topological polar surface area (TPSA) is 0 Å². The van der Waals surface area contributed by atoms with Crippen molar-refractivity contribution in [3.8, 4) is 0 Å². The van der Waals surface area contributed by atoms with Crippen LogP contribution in [-0.4, -0.2) is 0 Å². The summed E-state index contributed by atoms with van der Waals surface area (Å²) >= 11 is 9.07. The van der Waals surface area contributed by atoms with Gasteiger partial charge in [0, 0.05) is 5.03 Å². The van der Waals surface area contributed by atoms with E-state index in [1.165, 1.54) is 6.07 Å². The Morgan fingerprint density at radius 2 is 2.13 bits per heavy atom. The van der Waals surface area contributed by atoms with Gasteiger partial charge < -0.3 is 0 Å². The van der Waals surface area contributed by atoms with Crippen LogP contribution >= 0.6 is 27.5 Å². The molecule has 1 aromatic carbocycles. The van der Waals surface area contributed by atoms with Gasteiger partial charge in [-0.05, 0) is 58.1 Å². The number of hydrogen-bond donors (Lipinski definition) is 0. The lowest BCUT2D eigenvalue weighted by Crippen LogP contribution is -1.91. The molecule has 1 aliphatic rings. The van der Waals surface area contributed by atoms with E-state index in [2.05, 4.69) is 15.9 Å². The lowest BCUT2D eigenvalue weighted by molar-refractivity contribution is 0.621. The van der Waals surface area contributed by atoms with Crippen molar-refractivity contribution in [2.45, 2.75) is 6.42 Å². The maximum Gasteiger partial charge on any atom is 0.137 e. The summed E-state index contributed by atoms with van der Waals surface area (Å²) < 4.78 is 13.5. The van der Waals surface area contributed by atoms with Crippen molar-refractivity contribution >= 4 is 33.1 Å². The van der Waals surface area contributed by atoms with Gasteiger partial charge in [0.2, 0.25) is 0 Å². The van der Waals surface area contributed by atoms with Gasteiger partial charge in [-0.25, -0.2) is 4.39 Å². The summed E-state index contributed by atoms with van der Waals surface area (Å²) in [6.07, 6.45) is 6.59. The first-order chi connectivity index (χ1) is 7.16. The van der Waals surface area contributed by atoms with E-state index >= 15 is 0 Å². The highest BCUT2D eigenvalue weighted by Crippen LogP contribution is 2.29. The second-order valence-electron chi connectivity index (χ2n) is 3.29. The normalized spacial score (nSPS) is 15.9. The van der Waals surface area contributed by atoms with Crippen molar-refractivity contribution in [3.05, 3.63) is 57.7 Å². The summed E-state index contributed by atoms with van der Waals surface area (Å²) in [5.74, 6) is -0.249. The van der Waals surface area contributed by atoms with Crippen LogP contribution in [0.25, 0.3) is 5.57 Å². The molecule has 15 heavy (non-hydrogen) atoms. The van der Waals surface area contributed by atoms with Crippen molar-refractivity contribution in [3.63, 3.8) is 0 Å². The molecule has 0 aromatic heterocycles. The fourth-order valence-corrected chi connectivity index (χ4v) is 2.07. The van der Waals surface area contributed by atoms with Crippen LogP contribution in [0, 0.1) is 12.2 Å². The molecule has 1 radical (unpaired) electrons. The molecule has 77 valence electrons. The zero-order valence-corrected chi connectivity index (χ0v) is 10.1. The Labute approximate surface area is 102 Å². The van der Waals surface area contributed by atoms with E-state index < -0.39 is 0 Å². The molecule has 0 aliphatic heterocycles. The van der Waals surface area contributed by atoms with Gasteiger partial charge in [-0.15, -0.1) is 0 Å². The predicted octanol–water partition coefficient (Wildman–Crippen LogP) is 4.70. The molecule has 0 saturated heterocycles. The number of benzene rings is 1. The fraction of sp³-hybridized carbons (Fsp3) is 0.0833. The summed E-state index contributed by atoms with van der Waals surface area (Å²) in [5, 5.41) is 0.705. The first-order valence-electron chi connectivity index (χ1n) is 4.52. The molecule has 0 heterocycles. The molecule has 0 nitrogen and oxygen atoms in total. The summed E-state index contributed by atoms with van der Waals surface area (Å²) in [6.45, 7) is 0. The molecule has 1 aromatic rings. The van der Waals surface area contributed by atoms with Crippen molar-refractivity contribution < 1.29 is 4.39 Å². The van der Waals surface area contributed by atoms with E-state index in [0.29, 0.717) is 9.51 Å². The second-order valence-corrected chi connectivity index (χ2v) is 4.58. The first-order valence-corrected chi connectivity index (χ1v) is 5.69. The SMILES string of the molecule is Fc1ccc(C2=CC(Cl)=C[CH]C2)cc1Br. The molecule has 0 amide bonds. The van der Waals surface area contributed by atoms with Gasteiger partial charge in [-0.1, -0.05) is 23.7 Å². The largest absolute Gasteiger partial charge is 0.206 e. The molecule has 0 fully saturated rings. The Morgan fingerprint density at radius 3 is 2.80 bits per heavy atom. The standard InChI is InChI=1S/C12H8BrClF/c13-11-7-9(4-5-12(11)15)8-2-1-3-10(14)6-8/h1,3-7H,2H2. The Bertz CT molecular complexity index is 449. The van der Waals surface area contributed by atoms with Crippen molar-refractivity contribution in [1.29, 1.82) is 0 Å². The zero-order chi connectivity index (χ0) is 10.8. The monoisotopic (exact) mass is 285 g/mol. The van der Waals surface area contributed by atoms with Crippen molar-refractivity contribution in [2.24, 2.45) is 0 Å². The predicted molar refractivity (Wildman–Crippen MR) is 64.9 cm³/mol. The number of halogens is 3. The lowest BCUT2D eigenvalue weighted by atomic mass is 9.97. The minimum atomic E-state index is -0.249. The van der Waals surface area contributed by atoms with Crippen molar-refractivity contribution in [2.75, 3.05) is 0 Å². The maximum absolute atomic E-state index is 13.0. The van der Waals surface area contributed by atoms with Crippen LogP contribution in [0.3, 0.4) is 0 Å². The molecule has 1 aliphatic carbocycles. The maximum atomic E-state index is 13.0. The Kier molecular flexibility index (Phi) is 3.27. The highest BCUT2D eigenvalue weighted by molar-refractivity contribution is 9.10. The quantitative estimate of drug-likeness (QED) is 0.702. The van der Waals surface area contributed by atoms with Crippen LogP contribution in [0.4, 0.5) is 4.39 Å². The van der Waals surface area contributed by atoms with Crippen LogP contribution in [-0.2, 0) is 0 Å². The molecule has 0 spiro atoms. The van der Waals surface area contributed by atoms with Gasteiger partial charge in [-0.2, -0.15) is 0 Å². The number of hydrogen-bond acceptors (Lipinski definition) is 0. The van der Waals surface area contributed by atoms with Crippen LogP contribution in [0.15, 0.2) is 39.9 Å². The van der Waals surface area contributed by atoms with Crippen LogP contribution in [0.5, 0.6) is 0 Å². The summed E-state index contributed by atoms with van der Waals surface area (Å²) in [6, 6.07) is 4.98. The molecule has 0 N–H and O–H groups in total. The number of allylic oxidation sites excluding steroid dienone is 4. The van der Waals surface area contributed by atoms with E-state index in [4.69, 9.17) is 11.6 Å². The third-order valence-electron chi connectivity index (χ3n) is 2.22. The van der Waals surface area contributed by atoms with E-state index in [0.717, 1.165) is 17.6 Å². The highest BCUT2D eigenvalue weighted by atomic mass is 79.9. The first kappa shape index (κ1) is 10.9. The summed E-state index contributed by atoms with van der Waals surface area (Å²) in [5.41, 5.74) is 2.09. The van der Waals surface area contributed by atoms with Gasteiger partial charge in [0.1, 0.15) is 5.82 Å². The minimum Gasteiger partial charge on any atom is -0.206 e. The van der Waals surface area contributed by atoms with Gasteiger partial charge >= 0.3 is 0 Å². The molecular formula is C12H8BrClF. The smallest absolute Gasteiger partial charge is 0.137 e. The van der Waals surface area contributed by atoms with Crippen LogP contribution < -0.4 is 0 Å². The van der Waals surface area contributed by atoms with E-state index in [-0.39, 0.29) is 5.82 Å². The van der Waals surface area contributed by atoms with Gasteiger partial charge in [0.05, 0.1) is 4.47 Å². The Morgan fingerprint density at radius 1 is 1.33 bits per heavy atom. The lowest BCUT2D eigenvalue weighted by Gasteiger charge is -2.11. The highest BCUT2D eigenvalue weighted by Gasteiger charge is 2.08. The Balaban J connectivity index is 2.38. The average Bonchev–Trinajstić information content (AvgIpc) is 2.22. The molecule has 3 heteroatoms. The summed E-state index contributed by atoms with van der Waals surface area (Å²) in [4.78, 5) is 0. The molecule has 0 atom stereocenters. The summed E-state index contributed by atoms with van der Waals surface area (Å²) in [7, 11) is 0. The third kappa shape index (κ3) is 2.50. The number of rotatable bonds is 1. The zero-order valence-electron chi connectivity index (χ0n) is 7.81. The van der Waals surface area contributed by atoms with E-state index in [1.807, 2.05) is 18.6 Å². The third-order valence-corrected chi connectivity index (χ3v) is 3.06. The molecule has 0 unspecified atom stereocenters. The van der Waals surface area contributed by atoms with E-state index in [9.17, 15) is 4.39 Å². The molecular weight excluding hydrogens is 278 g/mol. The molecule has 0 bridgehead atoms. The van der Waals surface area contributed by atoms with Gasteiger partial charge in [0.15, 0.2) is 0 Å². The van der Waals surface area contributed by atoms with Gasteiger partial charge in [-0.3, -0.25) is 0 Å². The van der Waals surface area contributed by atoms with E-state index in [1.54, 1.807) is 12.1 Å². The van der Waals surface area contributed by atoms with Gasteiger partial charge in [0.25, 0.3) is 0 Å². The average molecular weight is 287 g/mol. The fourth-order valence-electron chi connectivity index (χ4n) is 1.47. The molecule has 0 saturated carbocycles. The minimum absolute atomic E-state index is 0.249. The van der Waals surface area contributed by atoms with Crippen LogP contribution in [0.1, 0.15) is 12.0 Å².